The van der Waals surface area contributed by atoms with E-state index >= 15 is 0 Å². The van der Waals surface area contributed by atoms with Gasteiger partial charge in [0.2, 0.25) is 5.91 Å². The van der Waals surface area contributed by atoms with Crippen molar-refractivity contribution in [3.05, 3.63) is 35.6 Å². The summed E-state index contributed by atoms with van der Waals surface area (Å²) in [5.74, 6) is -0.239. The lowest BCUT2D eigenvalue weighted by molar-refractivity contribution is -0.123. The van der Waals surface area contributed by atoms with Gasteiger partial charge in [-0.1, -0.05) is 12.1 Å². The molecular weight excluding hydrogens is 333 g/mol. The summed E-state index contributed by atoms with van der Waals surface area (Å²) in [6.07, 6.45) is 5.73. The van der Waals surface area contributed by atoms with Gasteiger partial charge in [-0.05, 0) is 49.8 Å². The smallest absolute Gasteiger partial charge is 0.234 e. The number of rotatable bonds is 6. The minimum atomic E-state index is -0.258. The molecule has 2 aliphatic heterocycles. The van der Waals surface area contributed by atoms with Crippen LogP contribution in [0.2, 0.25) is 0 Å². The minimum Gasteiger partial charge on any atom is -0.373 e. The summed E-state index contributed by atoms with van der Waals surface area (Å²) < 4.78 is 19.1. The van der Waals surface area contributed by atoms with Gasteiger partial charge in [0.15, 0.2) is 0 Å². The van der Waals surface area contributed by atoms with Gasteiger partial charge in [-0.2, -0.15) is 0 Å². The predicted molar refractivity (Wildman–Crippen MR) is 97.2 cm³/mol. The van der Waals surface area contributed by atoms with Gasteiger partial charge in [-0.3, -0.25) is 9.69 Å². The lowest BCUT2D eigenvalue weighted by Crippen LogP contribution is -2.47. The summed E-state index contributed by atoms with van der Waals surface area (Å²) in [4.78, 5) is 14.4. The molecule has 0 aromatic heterocycles. The summed E-state index contributed by atoms with van der Waals surface area (Å²) in [5.41, 5.74) is 0.930. The molecule has 2 heterocycles. The first-order valence-electron chi connectivity index (χ1n) is 9.74. The van der Waals surface area contributed by atoms with Gasteiger partial charge in [0, 0.05) is 31.7 Å². The van der Waals surface area contributed by atoms with E-state index in [1.54, 1.807) is 12.1 Å². The number of nitrogens with zero attached hydrogens (tertiary/aromatic N) is 1. The van der Waals surface area contributed by atoms with Crippen LogP contribution >= 0.6 is 0 Å². The van der Waals surface area contributed by atoms with Crippen LogP contribution in [-0.4, -0.2) is 54.7 Å². The second-order valence-corrected chi connectivity index (χ2v) is 8.02. The Labute approximate surface area is 154 Å². The number of hydrogen-bond donors (Lipinski definition) is 2. The normalized spacial score (nSPS) is 25.5. The fraction of sp³-hybridized carbons (Fsp3) is 0.650. The van der Waals surface area contributed by atoms with Crippen LogP contribution in [0.5, 0.6) is 0 Å². The van der Waals surface area contributed by atoms with Crippen molar-refractivity contribution in [1.29, 1.82) is 0 Å². The number of likely N-dealkylation sites (tertiary alicyclic amines) is 1. The van der Waals surface area contributed by atoms with E-state index in [-0.39, 0.29) is 17.3 Å². The molecule has 1 saturated carbocycles. The molecule has 142 valence electrons. The number of carbonyl (C=O) groups excluding carboxylic acids is 1. The predicted octanol–water partition coefficient (Wildman–Crippen LogP) is 1.82. The molecule has 1 atom stereocenters. The highest BCUT2D eigenvalue weighted by molar-refractivity contribution is 5.78. The number of nitrogens with one attached hydrogen (secondary N) is 2. The molecule has 26 heavy (non-hydrogen) atoms. The SMILES string of the molecule is O=C(CN1CCC2(CC1)CC(NC1CC1)CO2)NCc1ccc(F)cc1. The van der Waals surface area contributed by atoms with E-state index in [1.165, 1.54) is 25.0 Å². The molecule has 5 nitrogen and oxygen atoms in total. The second kappa shape index (κ2) is 7.62. The maximum atomic E-state index is 12.9. The average molecular weight is 361 g/mol. The van der Waals surface area contributed by atoms with Crippen molar-refractivity contribution in [3.8, 4) is 0 Å². The van der Waals surface area contributed by atoms with Crippen molar-refractivity contribution >= 4 is 5.91 Å². The van der Waals surface area contributed by atoms with Crippen molar-refractivity contribution in [2.75, 3.05) is 26.2 Å². The number of amides is 1. The van der Waals surface area contributed by atoms with Crippen molar-refractivity contribution in [2.24, 2.45) is 0 Å². The Morgan fingerprint density at radius 2 is 1.92 bits per heavy atom. The summed E-state index contributed by atoms with van der Waals surface area (Å²) in [5, 5.41) is 6.60. The van der Waals surface area contributed by atoms with Gasteiger partial charge in [0.05, 0.1) is 18.8 Å². The molecule has 3 fully saturated rings. The lowest BCUT2D eigenvalue weighted by atomic mass is 9.87. The van der Waals surface area contributed by atoms with Crippen LogP contribution in [0.1, 0.15) is 37.7 Å². The van der Waals surface area contributed by atoms with Crippen molar-refractivity contribution in [2.45, 2.75) is 56.3 Å². The van der Waals surface area contributed by atoms with E-state index in [0.29, 0.717) is 19.1 Å². The fourth-order valence-electron chi connectivity index (χ4n) is 4.06. The molecule has 4 rings (SSSR count). The van der Waals surface area contributed by atoms with Gasteiger partial charge < -0.3 is 15.4 Å². The summed E-state index contributed by atoms with van der Waals surface area (Å²) in [6, 6.07) is 7.46. The van der Waals surface area contributed by atoms with Gasteiger partial charge in [-0.15, -0.1) is 0 Å². The quantitative estimate of drug-likeness (QED) is 0.812. The molecule has 3 aliphatic rings. The van der Waals surface area contributed by atoms with Crippen molar-refractivity contribution in [3.63, 3.8) is 0 Å². The van der Waals surface area contributed by atoms with E-state index in [0.717, 1.165) is 50.6 Å². The van der Waals surface area contributed by atoms with Gasteiger partial charge in [-0.25, -0.2) is 4.39 Å². The van der Waals surface area contributed by atoms with E-state index in [9.17, 15) is 9.18 Å². The molecule has 1 aliphatic carbocycles. The molecule has 6 heteroatoms. The molecule has 1 unspecified atom stereocenters. The van der Waals surface area contributed by atoms with Crippen LogP contribution in [0.15, 0.2) is 24.3 Å². The zero-order valence-electron chi connectivity index (χ0n) is 15.2. The van der Waals surface area contributed by atoms with E-state index in [2.05, 4.69) is 15.5 Å². The molecule has 1 spiro atoms. The van der Waals surface area contributed by atoms with Crippen LogP contribution in [-0.2, 0) is 16.1 Å². The number of piperidine rings is 1. The molecule has 2 N–H and O–H groups in total. The van der Waals surface area contributed by atoms with E-state index in [1.807, 2.05) is 0 Å². The molecule has 1 aromatic carbocycles. The van der Waals surface area contributed by atoms with Crippen LogP contribution in [0.3, 0.4) is 0 Å². The number of benzene rings is 1. The largest absolute Gasteiger partial charge is 0.373 e. The highest BCUT2D eigenvalue weighted by Gasteiger charge is 2.43. The van der Waals surface area contributed by atoms with Crippen LogP contribution in [0.25, 0.3) is 0 Å². The third-order valence-electron chi connectivity index (χ3n) is 5.80. The molecule has 1 amide bonds. The Kier molecular flexibility index (Phi) is 5.25. The number of ether oxygens (including phenoxy) is 1. The van der Waals surface area contributed by atoms with Crippen LogP contribution < -0.4 is 10.6 Å². The Balaban J connectivity index is 1.17. The Morgan fingerprint density at radius 1 is 1.19 bits per heavy atom. The van der Waals surface area contributed by atoms with Gasteiger partial charge >= 0.3 is 0 Å². The first-order valence-corrected chi connectivity index (χ1v) is 9.74. The molecule has 1 aromatic rings. The minimum absolute atomic E-state index is 0.0193. The number of carbonyl (C=O) groups is 1. The topological polar surface area (TPSA) is 53.6 Å². The average Bonchev–Trinajstić information content (AvgIpc) is 3.37. The highest BCUT2D eigenvalue weighted by atomic mass is 19.1. The van der Waals surface area contributed by atoms with Gasteiger partial charge in [0.25, 0.3) is 0 Å². The number of halogens is 1. The summed E-state index contributed by atoms with van der Waals surface area (Å²) in [7, 11) is 0. The first-order chi connectivity index (χ1) is 12.6. The Morgan fingerprint density at radius 3 is 2.62 bits per heavy atom. The van der Waals surface area contributed by atoms with E-state index in [4.69, 9.17) is 4.74 Å². The third kappa shape index (κ3) is 4.61. The molecular formula is C20H28FN3O2. The summed E-state index contributed by atoms with van der Waals surface area (Å²) in [6.45, 7) is 3.49. The Hall–Kier alpha value is -1.50. The second-order valence-electron chi connectivity index (χ2n) is 8.02. The van der Waals surface area contributed by atoms with Crippen molar-refractivity contribution < 1.29 is 13.9 Å². The third-order valence-corrected chi connectivity index (χ3v) is 5.80. The molecule has 2 saturated heterocycles. The fourth-order valence-corrected chi connectivity index (χ4v) is 4.06. The zero-order chi connectivity index (χ0) is 18.0. The van der Waals surface area contributed by atoms with Gasteiger partial charge in [0.1, 0.15) is 5.82 Å². The number of hydrogen-bond acceptors (Lipinski definition) is 4. The molecule has 0 bridgehead atoms. The Bertz CT molecular complexity index is 624. The van der Waals surface area contributed by atoms with Crippen LogP contribution in [0, 0.1) is 5.82 Å². The van der Waals surface area contributed by atoms with Crippen LogP contribution in [0.4, 0.5) is 4.39 Å². The maximum absolute atomic E-state index is 12.9. The maximum Gasteiger partial charge on any atom is 0.234 e. The first kappa shape index (κ1) is 17.9. The lowest BCUT2D eigenvalue weighted by Gasteiger charge is -2.38. The zero-order valence-corrected chi connectivity index (χ0v) is 15.2. The standard InChI is InChI=1S/C20H28FN3O2/c21-16-3-1-15(2-4-16)12-22-19(25)13-24-9-7-20(8-10-24)11-18(14-26-20)23-17-5-6-17/h1-4,17-18,23H,5-14H2,(H,22,25). The van der Waals surface area contributed by atoms with E-state index < -0.39 is 0 Å². The van der Waals surface area contributed by atoms with Crippen molar-refractivity contribution in [1.82, 2.24) is 15.5 Å². The monoisotopic (exact) mass is 361 g/mol. The summed E-state index contributed by atoms with van der Waals surface area (Å²) >= 11 is 0. The highest BCUT2D eigenvalue weighted by Crippen LogP contribution is 2.36. The molecule has 0 radical (unpaired) electrons.